The van der Waals surface area contributed by atoms with Gasteiger partial charge in [0.25, 0.3) is 0 Å². The van der Waals surface area contributed by atoms with Crippen LogP contribution in [0.5, 0.6) is 0 Å². The Labute approximate surface area is 269 Å². The van der Waals surface area contributed by atoms with E-state index in [4.69, 9.17) is 4.98 Å². The van der Waals surface area contributed by atoms with Gasteiger partial charge in [0.2, 0.25) is 0 Å². The van der Waals surface area contributed by atoms with Crippen molar-refractivity contribution in [2.75, 3.05) is 0 Å². The summed E-state index contributed by atoms with van der Waals surface area (Å²) < 4.78 is 3.61. The Kier molecular flexibility index (Phi) is 6.28. The molecule has 0 saturated carbocycles. The molecule has 0 unspecified atom stereocenters. The Morgan fingerprint density at radius 3 is 1.87 bits per heavy atom. The van der Waals surface area contributed by atoms with Crippen LogP contribution in [0.1, 0.15) is 0 Å². The lowest BCUT2D eigenvalue weighted by atomic mass is 9.98. The van der Waals surface area contributed by atoms with E-state index in [-0.39, 0.29) is 0 Å². The molecule has 0 aliphatic rings. The Morgan fingerprint density at radius 1 is 0.478 bits per heavy atom. The average Bonchev–Trinajstić information content (AvgIpc) is 3.69. The predicted molar refractivity (Wildman–Crippen MR) is 191 cm³/mol. The molecule has 216 valence electrons. The van der Waals surface area contributed by atoms with Crippen LogP contribution in [-0.2, 0) is 0 Å². The molecule has 0 fully saturated rings. The summed E-state index contributed by atoms with van der Waals surface area (Å²) in [7, 11) is 0. The lowest BCUT2D eigenvalue weighted by Gasteiger charge is -2.13. The van der Waals surface area contributed by atoms with Gasteiger partial charge in [0, 0.05) is 61.7 Å². The van der Waals surface area contributed by atoms with Crippen molar-refractivity contribution in [1.82, 2.24) is 19.5 Å². The van der Waals surface area contributed by atoms with E-state index in [1.54, 1.807) is 0 Å². The van der Waals surface area contributed by atoms with Gasteiger partial charge < -0.3 is 0 Å². The topological polar surface area (TPSA) is 43.6 Å². The molecule has 0 N–H and O–H groups in total. The highest BCUT2D eigenvalue weighted by atomic mass is 32.1. The minimum Gasteiger partial charge on any atom is -0.294 e. The first kappa shape index (κ1) is 26.5. The Bertz CT molecular complexity index is 2440. The van der Waals surface area contributed by atoms with Gasteiger partial charge in [0.1, 0.15) is 5.82 Å². The molecule has 5 aromatic heterocycles. The van der Waals surface area contributed by atoms with Gasteiger partial charge in [-0.05, 0) is 70.8 Å². The smallest absolute Gasteiger partial charge is 0.138 e. The van der Waals surface area contributed by atoms with E-state index >= 15 is 0 Å². The van der Waals surface area contributed by atoms with E-state index < -0.39 is 0 Å². The number of aromatic nitrogens is 4. The zero-order valence-corrected chi connectivity index (χ0v) is 25.5. The molecule has 9 aromatic rings. The largest absolute Gasteiger partial charge is 0.294 e. The number of benzene rings is 4. The fourth-order valence-electron chi connectivity index (χ4n) is 6.55. The first-order valence-electron chi connectivity index (χ1n) is 15.3. The van der Waals surface area contributed by atoms with Gasteiger partial charge in [-0.25, -0.2) is 4.98 Å². The second kappa shape index (κ2) is 10.9. The molecule has 0 spiro atoms. The van der Waals surface area contributed by atoms with Crippen LogP contribution in [0.2, 0.25) is 0 Å². The van der Waals surface area contributed by atoms with Gasteiger partial charge in [-0.2, -0.15) is 0 Å². The van der Waals surface area contributed by atoms with Crippen LogP contribution >= 0.6 is 11.3 Å². The molecule has 5 heteroatoms. The molecular weight excluding hydrogens is 581 g/mol. The van der Waals surface area contributed by atoms with Crippen molar-refractivity contribution in [3.63, 3.8) is 0 Å². The Balaban J connectivity index is 1.38. The highest BCUT2D eigenvalue weighted by Gasteiger charge is 2.22. The van der Waals surface area contributed by atoms with Crippen molar-refractivity contribution in [2.45, 2.75) is 0 Å². The third kappa shape index (κ3) is 4.32. The second-order valence-electron chi connectivity index (χ2n) is 11.3. The summed E-state index contributed by atoms with van der Waals surface area (Å²) in [4.78, 5) is 15.1. The van der Waals surface area contributed by atoms with Gasteiger partial charge in [0.05, 0.1) is 16.7 Å². The van der Waals surface area contributed by atoms with E-state index in [2.05, 4.69) is 124 Å². The van der Waals surface area contributed by atoms with Crippen LogP contribution in [-0.4, -0.2) is 19.5 Å². The minimum atomic E-state index is 0.870. The van der Waals surface area contributed by atoms with Crippen LogP contribution in [0.15, 0.2) is 158 Å². The molecule has 9 rings (SSSR count). The number of rotatable bonds is 5. The molecule has 4 aromatic carbocycles. The van der Waals surface area contributed by atoms with E-state index in [9.17, 15) is 0 Å². The first-order chi connectivity index (χ1) is 22.8. The number of hydrogen-bond donors (Lipinski definition) is 0. The lowest BCUT2D eigenvalue weighted by molar-refractivity contribution is 1.08. The van der Waals surface area contributed by atoms with Crippen molar-refractivity contribution in [1.29, 1.82) is 0 Å². The third-order valence-electron chi connectivity index (χ3n) is 8.62. The van der Waals surface area contributed by atoms with E-state index in [1.807, 2.05) is 60.4 Å². The summed E-state index contributed by atoms with van der Waals surface area (Å²) >= 11 is 1.88. The molecule has 5 heterocycles. The highest BCUT2D eigenvalue weighted by Crippen LogP contribution is 2.49. The van der Waals surface area contributed by atoms with E-state index in [0.717, 1.165) is 39.2 Å². The molecular formula is C41H26N4S. The van der Waals surface area contributed by atoms with Gasteiger partial charge in [-0.15, -0.1) is 11.3 Å². The van der Waals surface area contributed by atoms with Gasteiger partial charge in [0.15, 0.2) is 0 Å². The quantitative estimate of drug-likeness (QED) is 0.196. The molecule has 0 atom stereocenters. The Morgan fingerprint density at radius 2 is 1.13 bits per heavy atom. The number of thiophene rings is 1. The van der Waals surface area contributed by atoms with Gasteiger partial charge >= 0.3 is 0 Å². The number of fused-ring (bicyclic) bond motifs is 5. The maximum absolute atomic E-state index is 5.29. The minimum absolute atomic E-state index is 0.870. The molecule has 0 radical (unpaired) electrons. The monoisotopic (exact) mass is 606 g/mol. The molecule has 0 saturated heterocycles. The van der Waals surface area contributed by atoms with Crippen LogP contribution in [0.3, 0.4) is 0 Å². The fourth-order valence-corrected chi connectivity index (χ4v) is 7.93. The number of nitrogens with zero attached hydrogens (tertiary/aromatic N) is 4. The van der Waals surface area contributed by atoms with E-state index in [1.165, 1.54) is 42.4 Å². The van der Waals surface area contributed by atoms with Crippen LogP contribution < -0.4 is 0 Å². The van der Waals surface area contributed by atoms with Crippen LogP contribution in [0.25, 0.3) is 81.7 Å². The lowest BCUT2D eigenvalue weighted by Crippen LogP contribution is -2.00. The second-order valence-corrected chi connectivity index (χ2v) is 12.3. The molecule has 0 aliphatic carbocycles. The Hall–Kier alpha value is -5.91. The third-order valence-corrected chi connectivity index (χ3v) is 9.89. The SMILES string of the molecule is c1ccc(-c2sc3c(ccc4c3c3ccccc3n4-c3cc(-c4ccncc4)cc(-c4ccncc4)n3)c2-c2ccccc2)cc1. The van der Waals surface area contributed by atoms with Crippen LogP contribution in [0, 0.1) is 0 Å². The first-order valence-corrected chi connectivity index (χ1v) is 16.1. The fraction of sp³-hybridized carbons (Fsp3) is 0. The molecule has 0 aliphatic heterocycles. The zero-order chi connectivity index (χ0) is 30.5. The standard InChI is InChI=1S/C41H26N4S/c1-3-9-29(10-4-1)38-33-15-16-36-39(41(33)46-40(38)30-11-5-2-6-12-30)32-13-7-8-14-35(32)45(36)37-26-31(27-17-21-42-22-18-27)25-34(44-37)28-19-23-43-24-20-28/h1-26H. The predicted octanol–water partition coefficient (Wildman–Crippen LogP) is 10.9. The van der Waals surface area contributed by atoms with Gasteiger partial charge in [-0.1, -0.05) is 84.9 Å². The number of hydrogen-bond acceptors (Lipinski definition) is 4. The molecule has 0 amide bonds. The normalized spacial score (nSPS) is 11.5. The van der Waals surface area contributed by atoms with Crippen molar-refractivity contribution >= 4 is 43.2 Å². The summed E-state index contributed by atoms with van der Waals surface area (Å²) in [6.07, 6.45) is 7.31. The summed E-state index contributed by atoms with van der Waals surface area (Å²) in [6, 6.07) is 47.3. The summed E-state index contributed by atoms with van der Waals surface area (Å²) in [6.45, 7) is 0. The molecule has 46 heavy (non-hydrogen) atoms. The zero-order valence-electron chi connectivity index (χ0n) is 24.7. The highest BCUT2D eigenvalue weighted by molar-refractivity contribution is 7.24. The van der Waals surface area contributed by atoms with Crippen molar-refractivity contribution in [3.8, 4) is 49.8 Å². The van der Waals surface area contributed by atoms with Crippen molar-refractivity contribution in [2.24, 2.45) is 0 Å². The molecule has 0 bridgehead atoms. The maximum atomic E-state index is 5.29. The number of para-hydroxylation sites is 1. The van der Waals surface area contributed by atoms with Crippen molar-refractivity contribution in [3.05, 3.63) is 158 Å². The van der Waals surface area contributed by atoms with E-state index in [0.29, 0.717) is 0 Å². The van der Waals surface area contributed by atoms with Crippen molar-refractivity contribution < 1.29 is 0 Å². The summed E-state index contributed by atoms with van der Waals surface area (Å²) in [5, 5.41) is 3.73. The maximum Gasteiger partial charge on any atom is 0.138 e. The average molecular weight is 607 g/mol. The number of pyridine rings is 3. The van der Waals surface area contributed by atoms with Crippen LogP contribution in [0.4, 0.5) is 0 Å². The van der Waals surface area contributed by atoms with Gasteiger partial charge in [-0.3, -0.25) is 14.5 Å². The molecule has 4 nitrogen and oxygen atoms in total. The summed E-state index contributed by atoms with van der Waals surface area (Å²) in [5.41, 5.74) is 10.1. The summed E-state index contributed by atoms with van der Waals surface area (Å²) in [5.74, 6) is 0.870.